The number of rotatable bonds is 2. The highest BCUT2D eigenvalue weighted by atomic mass is 35.5. The van der Waals surface area contributed by atoms with Crippen LogP contribution in [0.5, 0.6) is 6.08 Å². The summed E-state index contributed by atoms with van der Waals surface area (Å²) < 4.78 is 9.94. The number of nitrogens with zero attached hydrogens (tertiary/aromatic N) is 2. The van der Waals surface area contributed by atoms with Crippen LogP contribution in [0.4, 0.5) is 0 Å². The average molecular weight is 211 g/mol. The van der Waals surface area contributed by atoms with Crippen LogP contribution in [0.3, 0.4) is 0 Å². The van der Waals surface area contributed by atoms with Crippen molar-refractivity contribution < 1.29 is 9.15 Å². The molecule has 0 fully saturated rings. The average Bonchev–Trinajstić information content (AvgIpc) is 2.67. The lowest BCUT2D eigenvalue weighted by molar-refractivity contribution is 0.293. The zero-order valence-electron chi connectivity index (χ0n) is 7.40. The molecule has 1 aromatic heterocycles. The first-order chi connectivity index (χ1) is 6.79. The fourth-order valence-electron chi connectivity index (χ4n) is 1.00. The van der Waals surface area contributed by atoms with Gasteiger partial charge in [0.05, 0.1) is 7.11 Å². The lowest BCUT2D eigenvalue weighted by Gasteiger charge is -1.93. The van der Waals surface area contributed by atoms with Gasteiger partial charge in [-0.2, -0.15) is 0 Å². The normalized spacial score (nSPS) is 10.1. The smallest absolute Gasteiger partial charge is 0.414 e. The zero-order chi connectivity index (χ0) is 9.97. The summed E-state index contributed by atoms with van der Waals surface area (Å²) in [6.07, 6.45) is 0.148. The summed E-state index contributed by atoms with van der Waals surface area (Å²) in [4.78, 5) is 0. The molecular weight excluding hydrogens is 204 g/mol. The van der Waals surface area contributed by atoms with Crippen molar-refractivity contribution in [3.63, 3.8) is 0 Å². The van der Waals surface area contributed by atoms with E-state index in [1.807, 2.05) is 0 Å². The molecule has 0 aliphatic carbocycles. The van der Waals surface area contributed by atoms with E-state index in [2.05, 4.69) is 10.2 Å². The SMILES string of the molecule is COc1nnc(-c2ccc(Cl)cc2)o1. The monoisotopic (exact) mass is 210 g/mol. The molecule has 0 aliphatic heterocycles. The maximum atomic E-state index is 5.74. The molecule has 0 atom stereocenters. The van der Waals surface area contributed by atoms with Crippen molar-refractivity contribution in [2.24, 2.45) is 0 Å². The van der Waals surface area contributed by atoms with Crippen molar-refractivity contribution in [2.75, 3.05) is 7.11 Å². The Balaban J connectivity index is 2.34. The van der Waals surface area contributed by atoms with Gasteiger partial charge in [0.1, 0.15) is 0 Å². The number of methoxy groups -OCH3 is 1. The van der Waals surface area contributed by atoms with Crippen LogP contribution in [0.1, 0.15) is 0 Å². The molecule has 0 N–H and O–H groups in total. The van der Waals surface area contributed by atoms with Crippen LogP contribution in [-0.2, 0) is 0 Å². The summed E-state index contributed by atoms with van der Waals surface area (Å²) in [5.41, 5.74) is 0.810. The second-order valence-corrected chi connectivity index (χ2v) is 3.02. The maximum absolute atomic E-state index is 5.74. The minimum Gasteiger partial charge on any atom is -0.452 e. The lowest BCUT2D eigenvalue weighted by atomic mass is 10.2. The van der Waals surface area contributed by atoms with E-state index in [0.717, 1.165) is 5.56 Å². The number of benzene rings is 1. The molecule has 2 aromatic rings. The Morgan fingerprint density at radius 2 is 1.93 bits per heavy atom. The van der Waals surface area contributed by atoms with Gasteiger partial charge in [-0.15, -0.1) is 5.10 Å². The Morgan fingerprint density at radius 1 is 1.21 bits per heavy atom. The van der Waals surface area contributed by atoms with Crippen LogP contribution < -0.4 is 4.74 Å². The van der Waals surface area contributed by atoms with Crippen molar-refractivity contribution in [1.29, 1.82) is 0 Å². The molecule has 0 saturated heterocycles. The van der Waals surface area contributed by atoms with Crippen molar-refractivity contribution >= 4 is 11.6 Å². The summed E-state index contributed by atoms with van der Waals surface area (Å²) in [7, 11) is 1.47. The van der Waals surface area contributed by atoms with E-state index in [4.69, 9.17) is 20.8 Å². The van der Waals surface area contributed by atoms with E-state index in [-0.39, 0.29) is 6.08 Å². The van der Waals surface area contributed by atoms with Crippen molar-refractivity contribution in [3.05, 3.63) is 29.3 Å². The third kappa shape index (κ3) is 1.70. The highest BCUT2D eigenvalue weighted by Gasteiger charge is 2.07. The molecule has 72 valence electrons. The van der Waals surface area contributed by atoms with Gasteiger partial charge >= 0.3 is 6.08 Å². The van der Waals surface area contributed by atoms with Gasteiger partial charge < -0.3 is 9.15 Å². The van der Waals surface area contributed by atoms with Gasteiger partial charge in [0.25, 0.3) is 5.89 Å². The van der Waals surface area contributed by atoms with Gasteiger partial charge in [-0.3, -0.25) is 0 Å². The number of halogens is 1. The maximum Gasteiger partial charge on any atom is 0.414 e. The minimum atomic E-state index is 0.148. The van der Waals surface area contributed by atoms with E-state index in [1.54, 1.807) is 24.3 Å². The molecule has 0 spiro atoms. The van der Waals surface area contributed by atoms with E-state index in [0.29, 0.717) is 10.9 Å². The third-order valence-corrected chi connectivity index (χ3v) is 1.92. The molecule has 0 amide bonds. The van der Waals surface area contributed by atoms with Crippen LogP contribution in [0.15, 0.2) is 28.7 Å². The molecule has 4 nitrogen and oxygen atoms in total. The van der Waals surface area contributed by atoms with E-state index in [9.17, 15) is 0 Å². The fourth-order valence-corrected chi connectivity index (χ4v) is 1.13. The molecule has 5 heteroatoms. The summed E-state index contributed by atoms with van der Waals surface area (Å²) >= 11 is 5.74. The van der Waals surface area contributed by atoms with Gasteiger partial charge in [0.2, 0.25) is 0 Å². The molecule has 0 unspecified atom stereocenters. The van der Waals surface area contributed by atoms with Gasteiger partial charge in [-0.1, -0.05) is 16.7 Å². The second kappa shape index (κ2) is 3.67. The Hall–Kier alpha value is -1.55. The predicted octanol–water partition coefficient (Wildman–Crippen LogP) is 2.40. The quantitative estimate of drug-likeness (QED) is 0.764. The number of ether oxygens (including phenoxy) is 1. The fraction of sp³-hybridized carbons (Fsp3) is 0.111. The van der Waals surface area contributed by atoms with Crippen molar-refractivity contribution in [1.82, 2.24) is 10.2 Å². The van der Waals surface area contributed by atoms with Crippen LogP contribution in [0.25, 0.3) is 11.5 Å². The molecular formula is C9H7ClN2O2. The Bertz CT molecular complexity index is 425. The van der Waals surface area contributed by atoms with E-state index in [1.165, 1.54) is 7.11 Å². The molecule has 0 saturated carbocycles. The van der Waals surface area contributed by atoms with Gasteiger partial charge in [-0.25, -0.2) is 0 Å². The Morgan fingerprint density at radius 3 is 2.50 bits per heavy atom. The number of aromatic nitrogens is 2. The molecule has 0 bridgehead atoms. The second-order valence-electron chi connectivity index (χ2n) is 2.58. The first-order valence-corrected chi connectivity index (χ1v) is 4.31. The molecule has 1 aromatic carbocycles. The molecule has 2 rings (SSSR count). The first-order valence-electron chi connectivity index (χ1n) is 3.93. The van der Waals surface area contributed by atoms with E-state index >= 15 is 0 Å². The van der Waals surface area contributed by atoms with Gasteiger partial charge in [0, 0.05) is 10.6 Å². The van der Waals surface area contributed by atoms with Crippen LogP contribution >= 0.6 is 11.6 Å². The summed E-state index contributed by atoms with van der Waals surface area (Å²) in [5.74, 6) is 0.415. The zero-order valence-corrected chi connectivity index (χ0v) is 8.15. The minimum absolute atomic E-state index is 0.148. The van der Waals surface area contributed by atoms with Crippen molar-refractivity contribution in [3.8, 4) is 17.5 Å². The highest BCUT2D eigenvalue weighted by molar-refractivity contribution is 6.30. The summed E-state index contributed by atoms with van der Waals surface area (Å²) in [6, 6.07) is 7.12. The van der Waals surface area contributed by atoms with Crippen molar-refractivity contribution in [2.45, 2.75) is 0 Å². The van der Waals surface area contributed by atoms with Gasteiger partial charge in [-0.05, 0) is 24.3 Å². The third-order valence-electron chi connectivity index (χ3n) is 1.67. The molecule has 1 heterocycles. The number of hydrogen-bond acceptors (Lipinski definition) is 4. The molecule has 0 aliphatic rings. The summed E-state index contributed by atoms with van der Waals surface area (Å²) in [5, 5.41) is 8.13. The summed E-state index contributed by atoms with van der Waals surface area (Å²) in [6.45, 7) is 0. The number of hydrogen-bond donors (Lipinski definition) is 0. The predicted molar refractivity (Wildman–Crippen MR) is 51.3 cm³/mol. The van der Waals surface area contributed by atoms with Crippen LogP contribution in [0, 0.1) is 0 Å². The standard InChI is InChI=1S/C9H7ClN2O2/c1-13-9-12-11-8(14-9)6-2-4-7(10)5-3-6/h2-5H,1H3. The van der Waals surface area contributed by atoms with Gasteiger partial charge in [0.15, 0.2) is 0 Å². The molecule has 14 heavy (non-hydrogen) atoms. The van der Waals surface area contributed by atoms with Crippen LogP contribution in [0.2, 0.25) is 5.02 Å². The topological polar surface area (TPSA) is 48.2 Å². The molecule has 0 radical (unpaired) electrons. The van der Waals surface area contributed by atoms with Crippen LogP contribution in [-0.4, -0.2) is 17.3 Å². The Labute approximate surface area is 85.5 Å². The Kier molecular flexibility index (Phi) is 2.37. The first kappa shape index (κ1) is 9.02. The largest absolute Gasteiger partial charge is 0.452 e. The van der Waals surface area contributed by atoms with E-state index < -0.39 is 0 Å². The highest BCUT2D eigenvalue weighted by Crippen LogP contribution is 2.22. The lowest BCUT2D eigenvalue weighted by Crippen LogP contribution is -1.79.